The first-order valence-electron chi connectivity index (χ1n) is 8.37. The molecule has 1 aliphatic rings. The molecule has 0 fully saturated rings. The molecule has 1 aromatic carbocycles. The van der Waals surface area contributed by atoms with Crippen LogP contribution < -0.4 is 0 Å². The Morgan fingerprint density at radius 1 is 1.35 bits per heavy atom. The van der Waals surface area contributed by atoms with Gasteiger partial charge in [0.25, 0.3) is 0 Å². The summed E-state index contributed by atoms with van der Waals surface area (Å²) >= 11 is 0. The standard InChI is InChI=1S/C20H26O3/c1-3-23-20(22)14-18(16-7-5-4-6-8-16)13-19(21)17-11-9-15(2)10-12-17/h4-9,11-12,15,18-19,21H,3,10,13-14H2,1-2H3. The van der Waals surface area contributed by atoms with Crippen LogP contribution in [0.15, 0.2) is 54.1 Å². The predicted octanol–water partition coefficient (Wildman–Crippen LogP) is 4.00. The van der Waals surface area contributed by atoms with Gasteiger partial charge in [0.1, 0.15) is 0 Å². The van der Waals surface area contributed by atoms with Gasteiger partial charge in [-0.15, -0.1) is 0 Å². The van der Waals surface area contributed by atoms with E-state index in [1.807, 2.05) is 43.3 Å². The zero-order valence-corrected chi connectivity index (χ0v) is 13.9. The van der Waals surface area contributed by atoms with Crippen LogP contribution in [0.1, 0.15) is 44.6 Å². The lowest BCUT2D eigenvalue weighted by atomic mass is 9.86. The van der Waals surface area contributed by atoms with Gasteiger partial charge in [0.05, 0.1) is 19.1 Å². The number of allylic oxidation sites excluding steroid dienone is 2. The van der Waals surface area contributed by atoms with Gasteiger partial charge in [0.2, 0.25) is 0 Å². The fraction of sp³-hybridized carbons (Fsp3) is 0.450. The second-order valence-electron chi connectivity index (χ2n) is 6.14. The first-order valence-corrected chi connectivity index (χ1v) is 8.37. The molecule has 3 nitrogen and oxygen atoms in total. The molecule has 124 valence electrons. The second-order valence-corrected chi connectivity index (χ2v) is 6.14. The summed E-state index contributed by atoms with van der Waals surface area (Å²) in [5.74, 6) is 0.268. The summed E-state index contributed by atoms with van der Waals surface area (Å²) in [7, 11) is 0. The third kappa shape index (κ3) is 5.36. The van der Waals surface area contributed by atoms with Crippen LogP contribution in [0.4, 0.5) is 0 Å². The first-order chi connectivity index (χ1) is 11.1. The Morgan fingerprint density at radius 2 is 2.09 bits per heavy atom. The van der Waals surface area contributed by atoms with Gasteiger partial charge in [-0.05, 0) is 42.7 Å². The highest BCUT2D eigenvalue weighted by molar-refractivity contribution is 5.70. The van der Waals surface area contributed by atoms with Crippen molar-refractivity contribution in [3.63, 3.8) is 0 Å². The van der Waals surface area contributed by atoms with E-state index < -0.39 is 6.10 Å². The molecule has 0 saturated carbocycles. The van der Waals surface area contributed by atoms with Crippen LogP contribution in [-0.2, 0) is 9.53 Å². The molecule has 3 unspecified atom stereocenters. The highest BCUT2D eigenvalue weighted by Gasteiger charge is 2.22. The maximum atomic E-state index is 11.9. The zero-order chi connectivity index (χ0) is 16.7. The van der Waals surface area contributed by atoms with Crippen LogP contribution in [0.2, 0.25) is 0 Å². The summed E-state index contributed by atoms with van der Waals surface area (Å²) in [6, 6.07) is 9.88. The van der Waals surface area contributed by atoms with Crippen LogP contribution in [0.25, 0.3) is 0 Å². The predicted molar refractivity (Wildman–Crippen MR) is 92.1 cm³/mol. The molecule has 1 aromatic rings. The third-order valence-electron chi connectivity index (χ3n) is 4.22. The van der Waals surface area contributed by atoms with E-state index in [-0.39, 0.29) is 11.9 Å². The van der Waals surface area contributed by atoms with Crippen molar-refractivity contribution in [3.05, 3.63) is 59.7 Å². The van der Waals surface area contributed by atoms with Crippen molar-refractivity contribution in [1.82, 2.24) is 0 Å². The van der Waals surface area contributed by atoms with Gasteiger partial charge in [0.15, 0.2) is 0 Å². The summed E-state index contributed by atoms with van der Waals surface area (Å²) in [6.45, 7) is 4.35. The zero-order valence-electron chi connectivity index (χ0n) is 13.9. The fourth-order valence-electron chi connectivity index (χ4n) is 2.88. The Hall–Kier alpha value is -1.87. The molecule has 1 aliphatic carbocycles. The lowest BCUT2D eigenvalue weighted by Gasteiger charge is -2.23. The normalized spacial score (nSPS) is 19.8. The molecule has 0 spiro atoms. The molecular formula is C20H26O3. The highest BCUT2D eigenvalue weighted by atomic mass is 16.5. The lowest BCUT2D eigenvalue weighted by Crippen LogP contribution is -2.19. The van der Waals surface area contributed by atoms with Crippen molar-refractivity contribution in [3.8, 4) is 0 Å². The Bertz CT molecular complexity index is 560. The van der Waals surface area contributed by atoms with Crippen LogP contribution in [0.3, 0.4) is 0 Å². The van der Waals surface area contributed by atoms with E-state index in [0.29, 0.717) is 25.4 Å². The molecule has 3 atom stereocenters. The molecule has 1 N–H and O–H groups in total. The summed E-state index contributed by atoms with van der Waals surface area (Å²) in [4.78, 5) is 11.9. The van der Waals surface area contributed by atoms with Gasteiger partial charge in [0, 0.05) is 0 Å². The minimum Gasteiger partial charge on any atom is -0.466 e. The van der Waals surface area contributed by atoms with Crippen molar-refractivity contribution in [2.45, 2.75) is 45.1 Å². The number of ether oxygens (including phenoxy) is 1. The van der Waals surface area contributed by atoms with Gasteiger partial charge in [-0.25, -0.2) is 0 Å². The molecule has 3 heteroatoms. The summed E-state index contributed by atoms with van der Waals surface area (Å²) in [5, 5.41) is 10.6. The summed E-state index contributed by atoms with van der Waals surface area (Å²) in [6.07, 6.45) is 7.44. The third-order valence-corrected chi connectivity index (χ3v) is 4.22. The topological polar surface area (TPSA) is 46.5 Å². The second kappa shape index (κ2) is 8.68. The number of benzene rings is 1. The van der Waals surface area contributed by atoms with Crippen molar-refractivity contribution in [2.24, 2.45) is 5.92 Å². The highest BCUT2D eigenvalue weighted by Crippen LogP contribution is 2.29. The number of esters is 1. The molecule has 0 saturated heterocycles. The molecule has 0 aromatic heterocycles. The van der Waals surface area contributed by atoms with Gasteiger partial charge in [-0.2, -0.15) is 0 Å². The van der Waals surface area contributed by atoms with Gasteiger partial charge < -0.3 is 9.84 Å². The van der Waals surface area contributed by atoms with Gasteiger partial charge in [-0.1, -0.05) is 55.5 Å². The fourth-order valence-corrected chi connectivity index (χ4v) is 2.88. The maximum absolute atomic E-state index is 11.9. The number of carbonyl (C=O) groups is 1. The Morgan fingerprint density at radius 3 is 2.70 bits per heavy atom. The number of rotatable bonds is 7. The van der Waals surface area contributed by atoms with Crippen molar-refractivity contribution in [1.29, 1.82) is 0 Å². The van der Waals surface area contributed by atoms with Crippen molar-refractivity contribution < 1.29 is 14.6 Å². The molecule has 23 heavy (non-hydrogen) atoms. The molecule has 0 aliphatic heterocycles. The molecule has 0 heterocycles. The first kappa shape index (κ1) is 17.5. The van der Waals surface area contributed by atoms with Crippen molar-refractivity contribution >= 4 is 5.97 Å². The quantitative estimate of drug-likeness (QED) is 0.774. The van der Waals surface area contributed by atoms with Crippen LogP contribution in [-0.4, -0.2) is 23.8 Å². The van der Waals surface area contributed by atoms with E-state index in [0.717, 1.165) is 17.6 Å². The largest absolute Gasteiger partial charge is 0.466 e. The van der Waals surface area contributed by atoms with Gasteiger partial charge in [-0.3, -0.25) is 4.79 Å². The lowest BCUT2D eigenvalue weighted by molar-refractivity contribution is -0.143. The number of hydrogen-bond acceptors (Lipinski definition) is 3. The molecule has 0 bridgehead atoms. The van der Waals surface area contributed by atoms with E-state index in [1.165, 1.54) is 0 Å². The van der Waals surface area contributed by atoms with Crippen molar-refractivity contribution in [2.75, 3.05) is 6.61 Å². The Labute approximate surface area is 138 Å². The minimum atomic E-state index is -0.557. The summed E-state index contributed by atoms with van der Waals surface area (Å²) in [5.41, 5.74) is 2.02. The average Bonchev–Trinajstić information content (AvgIpc) is 2.56. The molecular weight excluding hydrogens is 288 g/mol. The van der Waals surface area contributed by atoms with E-state index >= 15 is 0 Å². The molecule has 0 radical (unpaired) electrons. The van der Waals surface area contributed by atoms with E-state index in [1.54, 1.807) is 0 Å². The maximum Gasteiger partial charge on any atom is 0.306 e. The van der Waals surface area contributed by atoms with E-state index in [2.05, 4.69) is 19.1 Å². The average molecular weight is 314 g/mol. The SMILES string of the molecule is CCOC(=O)CC(CC(O)C1=CCC(C)C=C1)c1ccccc1. The number of aliphatic hydroxyl groups excluding tert-OH is 1. The molecule has 2 rings (SSSR count). The smallest absolute Gasteiger partial charge is 0.306 e. The summed E-state index contributed by atoms with van der Waals surface area (Å²) < 4.78 is 5.09. The minimum absolute atomic E-state index is 0.0427. The van der Waals surface area contributed by atoms with E-state index in [9.17, 15) is 9.90 Å². The number of hydrogen-bond donors (Lipinski definition) is 1. The number of carbonyl (C=O) groups excluding carboxylic acids is 1. The van der Waals surface area contributed by atoms with E-state index in [4.69, 9.17) is 4.74 Å². The van der Waals surface area contributed by atoms with Crippen LogP contribution in [0, 0.1) is 5.92 Å². The van der Waals surface area contributed by atoms with Crippen LogP contribution >= 0.6 is 0 Å². The molecule has 0 amide bonds. The van der Waals surface area contributed by atoms with Crippen LogP contribution in [0.5, 0.6) is 0 Å². The Kier molecular flexibility index (Phi) is 6.60. The monoisotopic (exact) mass is 314 g/mol. The number of aliphatic hydroxyl groups is 1. The van der Waals surface area contributed by atoms with Gasteiger partial charge >= 0.3 is 5.97 Å². The Balaban J connectivity index is 2.08.